The number of terminal acetylenes is 1. The average molecular weight is 177 g/mol. The summed E-state index contributed by atoms with van der Waals surface area (Å²) in [5.74, 6) is 2.67. The molecule has 0 aromatic rings. The maximum Gasteiger partial charge on any atom is 0.0844 e. The number of hydrogen-bond donors (Lipinski definition) is 0. The average Bonchev–Trinajstić information content (AvgIpc) is 2.16. The summed E-state index contributed by atoms with van der Waals surface area (Å²) in [5.41, 5.74) is 0. The summed E-state index contributed by atoms with van der Waals surface area (Å²) in [4.78, 5) is 4.49. The van der Waals surface area contributed by atoms with Crippen LogP contribution in [-0.2, 0) is 0 Å². The van der Waals surface area contributed by atoms with Crippen molar-refractivity contribution in [1.29, 1.82) is 5.26 Å². The van der Waals surface area contributed by atoms with Gasteiger partial charge in [-0.2, -0.15) is 5.26 Å². The molecule has 3 heteroatoms. The third-order valence-corrected chi connectivity index (χ3v) is 2.46. The molecule has 0 bridgehead atoms. The zero-order chi connectivity index (χ0) is 9.68. The summed E-state index contributed by atoms with van der Waals surface area (Å²) in [6, 6.07) is 2.14. The molecular weight excluding hydrogens is 162 g/mol. The molecule has 13 heavy (non-hydrogen) atoms. The van der Waals surface area contributed by atoms with E-state index in [-0.39, 0.29) is 6.04 Å². The molecule has 0 spiro atoms. The molecular formula is C10H15N3. The maximum atomic E-state index is 8.57. The molecule has 0 N–H and O–H groups in total. The van der Waals surface area contributed by atoms with Gasteiger partial charge in [-0.25, -0.2) is 0 Å². The first-order valence-electron chi connectivity index (χ1n) is 4.53. The van der Waals surface area contributed by atoms with Crippen LogP contribution in [0, 0.1) is 23.7 Å². The van der Waals surface area contributed by atoms with Crippen molar-refractivity contribution in [2.24, 2.45) is 0 Å². The van der Waals surface area contributed by atoms with Crippen molar-refractivity contribution in [2.75, 3.05) is 33.2 Å². The van der Waals surface area contributed by atoms with Gasteiger partial charge in [0.1, 0.15) is 0 Å². The quantitative estimate of drug-likeness (QED) is 0.562. The van der Waals surface area contributed by atoms with E-state index in [4.69, 9.17) is 11.7 Å². The molecule has 3 nitrogen and oxygen atoms in total. The van der Waals surface area contributed by atoms with Gasteiger partial charge in [-0.3, -0.25) is 4.90 Å². The topological polar surface area (TPSA) is 30.3 Å². The third kappa shape index (κ3) is 2.73. The SMILES string of the molecule is C#CC(CC#N)N1CCN(C)CC1. The summed E-state index contributed by atoms with van der Waals surface area (Å²) >= 11 is 0. The first kappa shape index (κ1) is 10.1. The molecule has 0 aromatic carbocycles. The van der Waals surface area contributed by atoms with Crippen LogP contribution in [0.15, 0.2) is 0 Å². The number of piperazine rings is 1. The molecule has 0 aromatic heterocycles. The van der Waals surface area contributed by atoms with Crippen molar-refractivity contribution < 1.29 is 0 Å². The van der Waals surface area contributed by atoms with Gasteiger partial charge in [0.25, 0.3) is 0 Å². The Kier molecular flexibility index (Phi) is 3.76. The highest BCUT2D eigenvalue weighted by molar-refractivity contribution is 5.04. The molecule has 1 heterocycles. The van der Waals surface area contributed by atoms with E-state index in [1.165, 1.54) is 0 Å². The smallest absolute Gasteiger partial charge is 0.0844 e. The first-order chi connectivity index (χ1) is 6.27. The van der Waals surface area contributed by atoms with Crippen LogP contribution in [0.2, 0.25) is 0 Å². The Hall–Kier alpha value is -1.03. The molecule has 1 rings (SSSR count). The Morgan fingerprint density at radius 2 is 2.00 bits per heavy atom. The Labute approximate surface area is 79.9 Å². The molecule has 1 atom stereocenters. The van der Waals surface area contributed by atoms with E-state index in [0.29, 0.717) is 6.42 Å². The largest absolute Gasteiger partial charge is 0.304 e. The van der Waals surface area contributed by atoms with Crippen LogP contribution in [0.5, 0.6) is 0 Å². The van der Waals surface area contributed by atoms with E-state index in [9.17, 15) is 0 Å². The number of nitrogens with zero attached hydrogens (tertiary/aromatic N) is 3. The summed E-state index contributed by atoms with van der Waals surface area (Å²) in [6.45, 7) is 4.05. The zero-order valence-electron chi connectivity index (χ0n) is 8.03. The fourth-order valence-corrected chi connectivity index (χ4v) is 1.51. The van der Waals surface area contributed by atoms with Gasteiger partial charge in [-0.05, 0) is 7.05 Å². The Balaban J connectivity index is 2.43. The normalized spacial score (nSPS) is 21.8. The first-order valence-corrected chi connectivity index (χ1v) is 4.53. The molecule has 1 aliphatic heterocycles. The highest BCUT2D eigenvalue weighted by Gasteiger charge is 2.20. The highest BCUT2D eigenvalue weighted by atomic mass is 15.3. The predicted molar refractivity (Wildman–Crippen MR) is 51.9 cm³/mol. The second-order valence-electron chi connectivity index (χ2n) is 3.38. The monoisotopic (exact) mass is 177 g/mol. The minimum atomic E-state index is 0.0127. The molecule has 0 radical (unpaired) electrons. The minimum Gasteiger partial charge on any atom is -0.304 e. The Morgan fingerprint density at radius 3 is 2.46 bits per heavy atom. The Morgan fingerprint density at radius 1 is 1.38 bits per heavy atom. The number of rotatable bonds is 2. The minimum absolute atomic E-state index is 0.0127. The van der Waals surface area contributed by atoms with E-state index in [1.54, 1.807) is 0 Å². The third-order valence-electron chi connectivity index (χ3n) is 2.46. The number of hydrogen-bond acceptors (Lipinski definition) is 3. The van der Waals surface area contributed by atoms with Crippen LogP contribution < -0.4 is 0 Å². The van der Waals surface area contributed by atoms with Gasteiger partial charge in [0.2, 0.25) is 0 Å². The standard InChI is InChI=1S/C10H15N3/c1-3-10(4-5-11)13-8-6-12(2)7-9-13/h1,10H,4,6-9H2,2H3. The van der Waals surface area contributed by atoms with Gasteiger partial charge in [0, 0.05) is 26.2 Å². The van der Waals surface area contributed by atoms with Gasteiger partial charge in [-0.15, -0.1) is 6.42 Å². The molecule has 1 fully saturated rings. The lowest BCUT2D eigenvalue weighted by Gasteiger charge is -2.34. The lowest BCUT2D eigenvalue weighted by Crippen LogP contribution is -2.48. The molecule has 0 aliphatic carbocycles. The fourth-order valence-electron chi connectivity index (χ4n) is 1.51. The fraction of sp³-hybridized carbons (Fsp3) is 0.700. The van der Waals surface area contributed by atoms with Crippen molar-refractivity contribution in [3.8, 4) is 18.4 Å². The summed E-state index contributed by atoms with van der Waals surface area (Å²) < 4.78 is 0. The second-order valence-corrected chi connectivity index (χ2v) is 3.38. The van der Waals surface area contributed by atoms with E-state index in [0.717, 1.165) is 26.2 Å². The van der Waals surface area contributed by atoms with Crippen LogP contribution in [0.4, 0.5) is 0 Å². The van der Waals surface area contributed by atoms with E-state index < -0.39 is 0 Å². The van der Waals surface area contributed by atoms with Gasteiger partial charge in [0.15, 0.2) is 0 Å². The van der Waals surface area contributed by atoms with Crippen LogP contribution >= 0.6 is 0 Å². The maximum absolute atomic E-state index is 8.57. The van der Waals surface area contributed by atoms with Crippen LogP contribution in [0.1, 0.15) is 6.42 Å². The van der Waals surface area contributed by atoms with Crippen molar-refractivity contribution >= 4 is 0 Å². The van der Waals surface area contributed by atoms with Gasteiger partial charge in [-0.1, -0.05) is 5.92 Å². The summed E-state index contributed by atoms with van der Waals surface area (Å²) in [5, 5.41) is 8.57. The summed E-state index contributed by atoms with van der Waals surface area (Å²) in [7, 11) is 2.10. The number of likely N-dealkylation sites (N-methyl/N-ethyl adjacent to an activating group) is 1. The van der Waals surface area contributed by atoms with Crippen molar-refractivity contribution in [2.45, 2.75) is 12.5 Å². The Bertz CT molecular complexity index is 228. The predicted octanol–water partition coefficient (Wildman–Crippen LogP) is 0.149. The van der Waals surface area contributed by atoms with E-state index in [2.05, 4.69) is 28.8 Å². The lowest BCUT2D eigenvalue weighted by atomic mass is 10.1. The van der Waals surface area contributed by atoms with Crippen molar-refractivity contribution in [3.05, 3.63) is 0 Å². The highest BCUT2D eigenvalue weighted by Crippen LogP contribution is 2.06. The van der Waals surface area contributed by atoms with Gasteiger partial charge in [0.05, 0.1) is 18.5 Å². The van der Waals surface area contributed by atoms with Gasteiger partial charge >= 0.3 is 0 Å². The molecule has 1 saturated heterocycles. The molecule has 0 saturated carbocycles. The van der Waals surface area contributed by atoms with E-state index in [1.807, 2.05) is 0 Å². The second kappa shape index (κ2) is 4.87. The number of nitriles is 1. The zero-order valence-corrected chi connectivity index (χ0v) is 8.03. The van der Waals surface area contributed by atoms with Crippen LogP contribution in [-0.4, -0.2) is 49.1 Å². The molecule has 0 amide bonds. The molecule has 1 unspecified atom stereocenters. The molecule has 1 aliphatic rings. The summed E-state index contributed by atoms with van der Waals surface area (Å²) in [6.07, 6.45) is 5.81. The molecule has 70 valence electrons. The van der Waals surface area contributed by atoms with Crippen molar-refractivity contribution in [1.82, 2.24) is 9.80 Å². The van der Waals surface area contributed by atoms with E-state index >= 15 is 0 Å². The van der Waals surface area contributed by atoms with Crippen LogP contribution in [0.25, 0.3) is 0 Å². The van der Waals surface area contributed by atoms with Gasteiger partial charge < -0.3 is 4.90 Å². The van der Waals surface area contributed by atoms with Crippen LogP contribution in [0.3, 0.4) is 0 Å². The lowest BCUT2D eigenvalue weighted by molar-refractivity contribution is 0.134. The van der Waals surface area contributed by atoms with Crippen molar-refractivity contribution in [3.63, 3.8) is 0 Å².